The smallest absolute Gasteiger partial charge is 0.315 e. The summed E-state index contributed by atoms with van der Waals surface area (Å²) < 4.78 is 5.45. The second kappa shape index (κ2) is 7.86. The summed E-state index contributed by atoms with van der Waals surface area (Å²) in [7, 11) is 0. The van der Waals surface area contributed by atoms with Crippen molar-refractivity contribution in [2.45, 2.75) is 52.1 Å². The molecule has 1 saturated carbocycles. The minimum atomic E-state index is -0.110. The quantitative estimate of drug-likeness (QED) is 0.877. The predicted molar refractivity (Wildman–Crippen MR) is 82.2 cm³/mol. The SMILES string of the molecule is CCOc1ncccc1CNC(=O)NC1CCC(C)CC1. The Morgan fingerprint density at radius 3 is 2.86 bits per heavy atom. The van der Waals surface area contributed by atoms with Gasteiger partial charge in [0.25, 0.3) is 0 Å². The number of amides is 2. The molecule has 0 atom stereocenters. The first-order chi connectivity index (χ1) is 10.2. The summed E-state index contributed by atoms with van der Waals surface area (Å²) in [4.78, 5) is 16.1. The standard InChI is InChI=1S/C16H25N3O2/c1-3-21-15-13(5-4-10-17-15)11-18-16(20)19-14-8-6-12(2)7-9-14/h4-5,10,12,14H,3,6-9,11H2,1-2H3,(H2,18,19,20). The minimum absolute atomic E-state index is 0.110. The molecule has 5 nitrogen and oxygen atoms in total. The van der Waals surface area contributed by atoms with Gasteiger partial charge >= 0.3 is 6.03 Å². The normalized spacial score (nSPS) is 21.6. The highest BCUT2D eigenvalue weighted by molar-refractivity contribution is 5.74. The Hall–Kier alpha value is -1.78. The summed E-state index contributed by atoms with van der Waals surface area (Å²) in [5.41, 5.74) is 0.895. The molecule has 5 heteroatoms. The van der Waals surface area contributed by atoms with Gasteiger partial charge in [0.1, 0.15) is 0 Å². The highest BCUT2D eigenvalue weighted by Gasteiger charge is 2.19. The van der Waals surface area contributed by atoms with Gasteiger partial charge < -0.3 is 15.4 Å². The number of urea groups is 1. The van der Waals surface area contributed by atoms with Crippen LogP contribution in [0.25, 0.3) is 0 Å². The zero-order valence-electron chi connectivity index (χ0n) is 12.9. The molecule has 1 aromatic rings. The van der Waals surface area contributed by atoms with E-state index in [0.717, 1.165) is 24.3 Å². The highest BCUT2D eigenvalue weighted by Crippen LogP contribution is 2.23. The molecule has 2 rings (SSSR count). The van der Waals surface area contributed by atoms with Crippen molar-refractivity contribution in [3.63, 3.8) is 0 Å². The van der Waals surface area contributed by atoms with Crippen molar-refractivity contribution in [2.75, 3.05) is 6.61 Å². The van der Waals surface area contributed by atoms with Crippen LogP contribution in [0.5, 0.6) is 5.88 Å². The van der Waals surface area contributed by atoms with Crippen LogP contribution >= 0.6 is 0 Å². The number of rotatable bonds is 5. The largest absolute Gasteiger partial charge is 0.478 e. The van der Waals surface area contributed by atoms with Crippen LogP contribution in [0.4, 0.5) is 4.79 Å². The number of aromatic nitrogens is 1. The Morgan fingerprint density at radius 2 is 2.14 bits per heavy atom. The molecule has 0 bridgehead atoms. The van der Waals surface area contributed by atoms with Crippen LogP contribution in [-0.4, -0.2) is 23.7 Å². The molecular weight excluding hydrogens is 266 g/mol. The van der Waals surface area contributed by atoms with Crippen molar-refractivity contribution >= 4 is 6.03 Å². The average molecular weight is 291 g/mol. The summed E-state index contributed by atoms with van der Waals surface area (Å²) in [5, 5.41) is 5.94. The molecule has 1 heterocycles. The summed E-state index contributed by atoms with van der Waals surface area (Å²) in [6.07, 6.45) is 6.24. The topological polar surface area (TPSA) is 63.2 Å². The molecule has 0 spiro atoms. The maximum absolute atomic E-state index is 12.0. The summed E-state index contributed by atoms with van der Waals surface area (Å²) in [6, 6.07) is 3.96. The van der Waals surface area contributed by atoms with E-state index in [4.69, 9.17) is 4.74 Å². The zero-order chi connectivity index (χ0) is 15.1. The molecule has 116 valence electrons. The third-order valence-corrected chi connectivity index (χ3v) is 3.92. The lowest BCUT2D eigenvalue weighted by Gasteiger charge is -2.26. The molecule has 0 unspecified atom stereocenters. The van der Waals surface area contributed by atoms with Crippen LogP contribution in [-0.2, 0) is 6.54 Å². The minimum Gasteiger partial charge on any atom is -0.478 e. The molecule has 0 radical (unpaired) electrons. The van der Waals surface area contributed by atoms with Crippen molar-refractivity contribution in [1.82, 2.24) is 15.6 Å². The molecule has 2 N–H and O–H groups in total. The van der Waals surface area contributed by atoms with E-state index in [2.05, 4.69) is 22.5 Å². The van der Waals surface area contributed by atoms with Crippen molar-refractivity contribution in [3.8, 4) is 5.88 Å². The molecule has 2 amide bonds. The third-order valence-electron chi connectivity index (χ3n) is 3.92. The van der Waals surface area contributed by atoms with Gasteiger partial charge in [0.2, 0.25) is 5.88 Å². The molecule has 1 aliphatic rings. The van der Waals surface area contributed by atoms with E-state index in [-0.39, 0.29) is 6.03 Å². The molecule has 1 fully saturated rings. The molecule has 0 aliphatic heterocycles. The van der Waals surface area contributed by atoms with Crippen LogP contribution in [0, 0.1) is 5.92 Å². The van der Waals surface area contributed by atoms with Gasteiger partial charge in [-0.3, -0.25) is 0 Å². The van der Waals surface area contributed by atoms with Gasteiger partial charge in [0, 0.05) is 24.3 Å². The molecule has 21 heavy (non-hydrogen) atoms. The van der Waals surface area contributed by atoms with Gasteiger partial charge in [-0.2, -0.15) is 0 Å². The van der Waals surface area contributed by atoms with Gasteiger partial charge in [-0.1, -0.05) is 13.0 Å². The third kappa shape index (κ3) is 4.92. The van der Waals surface area contributed by atoms with E-state index >= 15 is 0 Å². The molecule has 1 aromatic heterocycles. The number of carbonyl (C=O) groups is 1. The fourth-order valence-corrected chi connectivity index (χ4v) is 2.64. The van der Waals surface area contributed by atoms with Gasteiger partial charge in [-0.15, -0.1) is 0 Å². The Labute approximate surface area is 126 Å². The number of hydrogen-bond donors (Lipinski definition) is 2. The van der Waals surface area contributed by atoms with Gasteiger partial charge in [0.15, 0.2) is 0 Å². The number of hydrogen-bond acceptors (Lipinski definition) is 3. The van der Waals surface area contributed by atoms with E-state index in [9.17, 15) is 4.79 Å². The van der Waals surface area contributed by atoms with Crippen LogP contribution in [0.1, 0.15) is 45.1 Å². The second-order valence-corrected chi connectivity index (χ2v) is 5.68. The first kappa shape index (κ1) is 15.6. The molecular formula is C16H25N3O2. The lowest BCUT2D eigenvalue weighted by Crippen LogP contribution is -2.43. The van der Waals surface area contributed by atoms with Gasteiger partial charge in [-0.25, -0.2) is 9.78 Å². The zero-order valence-corrected chi connectivity index (χ0v) is 12.9. The van der Waals surface area contributed by atoms with Gasteiger partial charge in [0.05, 0.1) is 6.61 Å². The number of nitrogens with zero attached hydrogens (tertiary/aromatic N) is 1. The second-order valence-electron chi connectivity index (χ2n) is 5.68. The van der Waals surface area contributed by atoms with E-state index in [1.807, 2.05) is 19.1 Å². The van der Waals surface area contributed by atoms with Crippen LogP contribution in [0.15, 0.2) is 18.3 Å². The number of nitrogens with one attached hydrogen (secondary N) is 2. The first-order valence-corrected chi connectivity index (χ1v) is 7.80. The van der Waals surface area contributed by atoms with E-state index in [1.165, 1.54) is 12.8 Å². The molecule has 1 aliphatic carbocycles. The summed E-state index contributed by atoms with van der Waals surface area (Å²) >= 11 is 0. The molecule has 0 saturated heterocycles. The Balaban J connectivity index is 1.78. The van der Waals surface area contributed by atoms with Crippen LogP contribution in [0.2, 0.25) is 0 Å². The molecule has 0 aromatic carbocycles. The maximum atomic E-state index is 12.0. The van der Waals surface area contributed by atoms with Crippen molar-refractivity contribution in [3.05, 3.63) is 23.9 Å². The Bertz CT molecular complexity index is 457. The number of pyridine rings is 1. The van der Waals surface area contributed by atoms with Gasteiger partial charge in [-0.05, 0) is 44.6 Å². The van der Waals surface area contributed by atoms with Crippen molar-refractivity contribution < 1.29 is 9.53 Å². The van der Waals surface area contributed by atoms with E-state index in [1.54, 1.807) is 6.20 Å². The van der Waals surface area contributed by atoms with Crippen LogP contribution < -0.4 is 15.4 Å². The summed E-state index contributed by atoms with van der Waals surface area (Å²) in [6.45, 7) is 5.19. The Morgan fingerprint density at radius 1 is 1.38 bits per heavy atom. The average Bonchev–Trinajstić information content (AvgIpc) is 2.49. The van der Waals surface area contributed by atoms with Crippen molar-refractivity contribution in [2.24, 2.45) is 5.92 Å². The predicted octanol–water partition coefficient (Wildman–Crippen LogP) is 2.86. The fourth-order valence-electron chi connectivity index (χ4n) is 2.64. The van der Waals surface area contributed by atoms with E-state index in [0.29, 0.717) is 25.1 Å². The van der Waals surface area contributed by atoms with Crippen LogP contribution in [0.3, 0.4) is 0 Å². The number of carbonyl (C=O) groups excluding carboxylic acids is 1. The monoisotopic (exact) mass is 291 g/mol. The highest BCUT2D eigenvalue weighted by atomic mass is 16.5. The fraction of sp³-hybridized carbons (Fsp3) is 0.625. The lowest BCUT2D eigenvalue weighted by molar-refractivity contribution is 0.228. The lowest BCUT2D eigenvalue weighted by atomic mass is 9.87. The van der Waals surface area contributed by atoms with Crippen molar-refractivity contribution in [1.29, 1.82) is 0 Å². The maximum Gasteiger partial charge on any atom is 0.315 e. The first-order valence-electron chi connectivity index (χ1n) is 7.80. The Kier molecular flexibility index (Phi) is 5.84. The summed E-state index contributed by atoms with van der Waals surface area (Å²) in [5.74, 6) is 1.38. The number of ether oxygens (including phenoxy) is 1. The van der Waals surface area contributed by atoms with E-state index < -0.39 is 0 Å².